The highest BCUT2D eigenvalue weighted by molar-refractivity contribution is 5.65. The molecule has 19 heavy (non-hydrogen) atoms. The van der Waals surface area contributed by atoms with Crippen LogP contribution in [0.1, 0.15) is 26.2 Å². The Morgan fingerprint density at radius 2 is 2.11 bits per heavy atom. The maximum Gasteiger partial charge on any atom is 0.407 e. The monoisotopic (exact) mass is 273 g/mol. The average Bonchev–Trinajstić information content (AvgIpc) is 2.38. The first kappa shape index (κ1) is 14.5. The summed E-state index contributed by atoms with van der Waals surface area (Å²) in [7, 11) is 0. The summed E-state index contributed by atoms with van der Waals surface area (Å²) in [4.78, 5) is 14.4. The van der Waals surface area contributed by atoms with Crippen LogP contribution >= 0.6 is 0 Å². The highest BCUT2D eigenvalue weighted by Gasteiger charge is 2.36. The van der Waals surface area contributed by atoms with Crippen LogP contribution in [0.15, 0.2) is 0 Å². The van der Waals surface area contributed by atoms with Crippen molar-refractivity contribution in [1.82, 2.24) is 15.1 Å². The fraction of sp³-hybridized carbons (Fsp3) is 0.923. The largest absolute Gasteiger partial charge is 0.465 e. The van der Waals surface area contributed by atoms with Crippen molar-refractivity contribution in [3.05, 3.63) is 0 Å². The summed E-state index contributed by atoms with van der Waals surface area (Å²) in [6, 6.07) is 0.455. The molecule has 2 rings (SSSR count). The Balaban J connectivity index is 1.77. The van der Waals surface area contributed by atoms with Crippen LogP contribution < -0.4 is 5.32 Å². The highest BCUT2D eigenvalue weighted by Crippen LogP contribution is 2.30. The van der Waals surface area contributed by atoms with E-state index < -0.39 is 11.8 Å². The van der Waals surface area contributed by atoms with Crippen LogP contribution in [0.25, 0.3) is 0 Å². The van der Waals surface area contributed by atoms with Crippen LogP contribution in [0.4, 0.5) is 9.18 Å². The highest BCUT2D eigenvalue weighted by atomic mass is 19.1. The van der Waals surface area contributed by atoms with Crippen LogP contribution in [0, 0.1) is 0 Å². The normalized spacial score (nSPS) is 28.3. The lowest BCUT2D eigenvalue weighted by Crippen LogP contribution is -2.51. The molecule has 0 aromatic carbocycles. The molecule has 0 bridgehead atoms. The molecule has 110 valence electrons. The number of halogens is 1. The van der Waals surface area contributed by atoms with Crippen molar-refractivity contribution in [2.75, 3.05) is 39.3 Å². The Kier molecular flexibility index (Phi) is 4.62. The fourth-order valence-corrected chi connectivity index (χ4v) is 2.91. The zero-order valence-corrected chi connectivity index (χ0v) is 11.6. The maximum atomic E-state index is 14.6. The van der Waals surface area contributed by atoms with Crippen LogP contribution in [0.3, 0.4) is 0 Å². The van der Waals surface area contributed by atoms with Gasteiger partial charge in [0, 0.05) is 45.3 Å². The molecule has 0 unspecified atom stereocenters. The Labute approximate surface area is 113 Å². The van der Waals surface area contributed by atoms with Crippen molar-refractivity contribution < 1.29 is 14.3 Å². The topological polar surface area (TPSA) is 55.8 Å². The van der Waals surface area contributed by atoms with E-state index in [4.69, 9.17) is 5.11 Å². The summed E-state index contributed by atoms with van der Waals surface area (Å²) in [6.07, 6.45) is 0.252. The van der Waals surface area contributed by atoms with Gasteiger partial charge in [0.2, 0.25) is 0 Å². The number of hydrogen-bond donors (Lipinski definition) is 2. The van der Waals surface area contributed by atoms with Gasteiger partial charge in [-0.15, -0.1) is 0 Å². The molecule has 1 amide bonds. The summed E-state index contributed by atoms with van der Waals surface area (Å²) in [5.74, 6) is 0. The molecular weight excluding hydrogens is 249 g/mol. The minimum atomic E-state index is -1.18. The van der Waals surface area contributed by atoms with E-state index in [1.165, 1.54) is 4.90 Å². The number of carboxylic acid groups (broad SMARTS) is 1. The molecule has 5 nitrogen and oxygen atoms in total. The quantitative estimate of drug-likeness (QED) is 0.810. The van der Waals surface area contributed by atoms with E-state index in [1.807, 2.05) is 0 Å². The van der Waals surface area contributed by atoms with Gasteiger partial charge in [0.1, 0.15) is 5.67 Å². The van der Waals surface area contributed by atoms with Gasteiger partial charge < -0.3 is 15.3 Å². The lowest BCUT2D eigenvalue weighted by molar-refractivity contribution is 0.0366. The second-order valence-corrected chi connectivity index (χ2v) is 5.76. The Hall–Kier alpha value is -0.880. The van der Waals surface area contributed by atoms with E-state index in [-0.39, 0.29) is 0 Å². The molecule has 2 fully saturated rings. The molecule has 2 aliphatic rings. The van der Waals surface area contributed by atoms with Gasteiger partial charge in [0.05, 0.1) is 0 Å². The summed E-state index contributed by atoms with van der Waals surface area (Å²) in [5.41, 5.74) is -1.18. The van der Waals surface area contributed by atoms with E-state index in [9.17, 15) is 9.18 Å². The third-order valence-corrected chi connectivity index (χ3v) is 4.42. The van der Waals surface area contributed by atoms with Crippen molar-refractivity contribution in [3.63, 3.8) is 0 Å². The zero-order valence-electron chi connectivity index (χ0n) is 11.6. The van der Waals surface area contributed by atoms with Crippen LogP contribution in [-0.4, -0.2) is 72.0 Å². The number of amides is 1. The second-order valence-electron chi connectivity index (χ2n) is 5.76. The van der Waals surface area contributed by atoms with E-state index in [0.29, 0.717) is 38.4 Å². The van der Waals surface area contributed by atoms with Gasteiger partial charge in [-0.05, 0) is 26.2 Å². The number of nitrogens with one attached hydrogen (secondary N) is 1. The lowest BCUT2D eigenvalue weighted by Gasteiger charge is -2.39. The van der Waals surface area contributed by atoms with Gasteiger partial charge in [0.25, 0.3) is 0 Å². The third-order valence-electron chi connectivity index (χ3n) is 4.42. The molecule has 2 aliphatic heterocycles. The SMILES string of the molecule is C[C@H]1CNCCN1CCC1(F)CCN(C(=O)O)CC1. The molecule has 2 heterocycles. The molecule has 0 aromatic rings. The van der Waals surface area contributed by atoms with Crippen molar-refractivity contribution in [2.45, 2.75) is 37.9 Å². The number of nitrogens with zero attached hydrogens (tertiary/aromatic N) is 2. The van der Waals surface area contributed by atoms with Crippen LogP contribution in [0.5, 0.6) is 0 Å². The molecule has 0 saturated carbocycles. The fourth-order valence-electron chi connectivity index (χ4n) is 2.91. The standard InChI is InChI=1S/C13H24FN3O2/c1-11-10-15-5-9-16(11)6-2-13(14)3-7-17(8-4-13)12(18)19/h11,15H,2-10H2,1H3,(H,18,19)/t11-/m0/s1. The first-order valence-electron chi connectivity index (χ1n) is 7.12. The van der Waals surface area contributed by atoms with Gasteiger partial charge in [-0.25, -0.2) is 9.18 Å². The number of piperidine rings is 1. The summed E-state index contributed by atoms with van der Waals surface area (Å²) >= 11 is 0. The van der Waals surface area contributed by atoms with E-state index in [2.05, 4.69) is 17.1 Å². The first-order chi connectivity index (χ1) is 9.00. The van der Waals surface area contributed by atoms with Crippen molar-refractivity contribution >= 4 is 6.09 Å². The molecule has 0 aliphatic carbocycles. The summed E-state index contributed by atoms with van der Waals surface area (Å²) < 4.78 is 14.6. The van der Waals surface area contributed by atoms with Crippen molar-refractivity contribution in [1.29, 1.82) is 0 Å². The molecule has 0 radical (unpaired) electrons. The predicted octanol–water partition coefficient (Wildman–Crippen LogP) is 1.15. The summed E-state index contributed by atoms with van der Waals surface area (Å²) in [5, 5.41) is 12.2. The maximum absolute atomic E-state index is 14.6. The zero-order chi connectivity index (χ0) is 13.9. The number of hydrogen-bond acceptors (Lipinski definition) is 3. The third kappa shape index (κ3) is 3.79. The second kappa shape index (κ2) is 6.05. The molecule has 2 N–H and O–H groups in total. The molecule has 2 saturated heterocycles. The van der Waals surface area contributed by atoms with Gasteiger partial charge in [0.15, 0.2) is 0 Å². The molecule has 6 heteroatoms. The first-order valence-corrected chi connectivity index (χ1v) is 7.12. The van der Waals surface area contributed by atoms with Crippen molar-refractivity contribution in [3.8, 4) is 0 Å². The predicted molar refractivity (Wildman–Crippen MR) is 71.2 cm³/mol. The molecule has 0 spiro atoms. The van der Waals surface area contributed by atoms with Crippen LogP contribution in [0.2, 0.25) is 0 Å². The minimum absolute atomic E-state index is 0.322. The average molecular weight is 273 g/mol. The van der Waals surface area contributed by atoms with E-state index in [0.717, 1.165) is 26.2 Å². The number of alkyl halides is 1. The van der Waals surface area contributed by atoms with Gasteiger partial charge in [-0.1, -0.05) is 0 Å². The molecular formula is C13H24FN3O2. The van der Waals surface area contributed by atoms with E-state index >= 15 is 0 Å². The Morgan fingerprint density at radius 3 is 2.68 bits per heavy atom. The van der Waals surface area contributed by atoms with Gasteiger partial charge in [-0.2, -0.15) is 0 Å². The molecule has 1 atom stereocenters. The summed E-state index contributed by atoms with van der Waals surface area (Å²) in [6.45, 7) is 6.48. The van der Waals surface area contributed by atoms with E-state index in [1.54, 1.807) is 0 Å². The Morgan fingerprint density at radius 1 is 1.42 bits per heavy atom. The number of rotatable bonds is 3. The number of piperazine rings is 1. The van der Waals surface area contributed by atoms with Crippen molar-refractivity contribution in [2.24, 2.45) is 0 Å². The number of carbonyl (C=O) groups is 1. The molecule has 0 aromatic heterocycles. The number of likely N-dealkylation sites (tertiary alicyclic amines) is 1. The smallest absolute Gasteiger partial charge is 0.407 e. The minimum Gasteiger partial charge on any atom is -0.465 e. The Bertz CT molecular complexity index is 319. The van der Waals surface area contributed by atoms with Gasteiger partial charge >= 0.3 is 6.09 Å². The lowest BCUT2D eigenvalue weighted by atomic mass is 9.90. The van der Waals surface area contributed by atoms with Crippen LogP contribution in [-0.2, 0) is 0 Å². The van der Waals surface area contributed by atoms with Gasteiger partial charge in [-0.3, -0.25) is 4.90 Å².